The van der Waals surface area contributed by atoms with E-state index in [-0.39, 0.29) is 11.8 Å². The Balaban J connectivity index is 1.61. The van der Waals surface area contributed by atoms with Crippen LogP contribution >= 0.6 is 0 Å². The fourth-order valence-corrected chi connectivity index (χ4v) is 2.54. The lowest BCUT2D eigenvalue weighted by Crippen LogP contribution is -2.37. The fourth-order valence-electron chi connectivity index (χ4n) is 2.54. The van der Waals surface area contributed by atoms with E-state index >= 15 is 0 Å². The topological polar surface area (TPSA) is 56.1 Å². The summed E-state index contributed by atoms with van der Waals surface area (Å²) in [5.41, 5.74) is 3.21. The number of hydrogen-bond donors (Lipinski definition) is 1. The molecule has 0 fully saturated rings. The number of carbonyl (C=O) groups excluding carboxylic acids is 1. The molecule has 0 spiro atoms. The van der Waals surface area contributed by atoms with Crippen LogP contribution in [0.1, 0.15) is 16.8 Å². The predicted molar refractivity (Wildman–Crippen MR) is 78.9 cm³/mol. The standard InChI is InChI=1S/C16H19N3O2/c1-11-14(9-18-19(11)2)8-17-16(20)13-7-12-5-3-4-6-15(12)21-10-13/h3-6,9,13H,7-8,10H2,1-2H3,(H,17,20). The Morgan fingerprint density at radius 3 is 3.05 bits per heavy atom. The molecule has 1 aliphatic rings. The van der Waals surface area contributed by atoms with Crippen molar-refractivity contribution < 1.29 is 9.53 Å². The Morgan fingerprint density at radius 1 is 1.48 bits per heavy atom. The normalized spacial score (nSPS) is 17.0. The number of ether oxygens (including phenoxy) is 1. The van der Waals surface area contributed by atoms with Gasteiger partial charge < -0.3 is 10.1 Å². The summed E-state index contributed by atoms with van der Waals surface area (Å²) in [5.74, 6) is 0.800. The highest BCUT2D eigenvalue weighted by Crippen LogP contribution is 2.26. The zero-order chi connectivity index (χ0) is 14.8. The van der Waals surface area contributed by atoms with Crippen LogP contribution in [0.4, 0.5) is 0 Å². The Kier molecular flexibility index (Phi) is 3.64. The zero-order valence-electron chi connectivity index (χ0n) is 12.3. The summed E-state index contributed by atoms with van der Waals surface area (Å²) in [5, 5.41) is 7.16. The average molecular weight is 285 g/mol. The first-order valence-electron chi connectivity index (χ1n) is 7.11. The SMILES string of the molecule is Cc1c(CNC(=O)C2COc3ccccc3C2)cnn1C. The summed E-state index contributed by atoms with van der Waals surface area (Å²) in [6, 6.07) is 7.88. The summed E-state index contributed by atoms with van der Waals surface area (Å²) in [6.07, 6.45) is 2.52. The molecule has 1 aliphatic heterocycles. The Bertz CT molecular complexity index is 663. The number of nitrogens with one attached hydrogen (secondary N) is 1. The zero-order valence-corrected chi connectivity index (χ0v) is 12.3. The number of rotatable bonds is 3. The number of amides is 1. The second-order valence-electron chi connectivity index (χ2n) is 5.42. The molecule has 0 saturated carbocycles. The van der Waals surface area contributed by atoms with Gasteiger partial charge in [-0.05, 0) is 25.0 Å². The molecule has 1 aromatic carbocycles. The lowest BCUT2D eigenvalue weighted by Gasteiger charge is -2.24. The van der Waals surface area contributed by atoms with Gasteiger partial charge in [-0.1, -0.05) is 18.2 Å². The number of nitrogens with zero attached hydrogens (tertiary/aromatic N) is 2. The van der Waals surface area contributed by atoms with E-state index in [0.29, 0.717) is 13.2 Å². The Morgan fingerprint density at radius 2 is 2.29 bits per heavy atom. The summed E-state index contributed by atoms with van der Waals surface area (Å²) in [6.45, 7) is 2.94. The van der Waals surface area contributed by atoms with Crippen molar-refractivity contribution in [3.05, 3.63) is 47.3 Å². The summed E-state index contributed by atoms with van der Waals surface area (Å²) in [7, 11) is 1.90. The third kappa shape index (κ3) is 2.77. The second kappa shape index (κ2) is 5.60. The molecule has 0 aliphatic carbocycles. The molecular formula is C16H19N3O2. The van der Waals surface area contributed by atoms with Crippen molar-refractivity contribution in [2.75, 3.05) is 6.61 Å². The smallest absolute Gasteiger partial charge is 0.227 e. The summed E-state index contributed by atoms with van der Waals surface area (Å²) >= 11 is 0. The van der Waals surface area contributed by atoms with Gasteiger partial charge in [0.05, 0.1) is 12.1 Å². The molecule has 1 amide bonds. The molecule has 110 valence electrons. The van der Waals surface area contributed by atoms with E-state index in [4.69, 9.17) is 4.74 Å². The minimum Gasteiger partial charge on any atom is -0.492 e. The molecular weight excluding hydrogens is 266 g/mol. The number of para-hydroxylation sites is 1. The highest BCUT2D eigenvalue weighted by molar-refractivity contribution is 5.79. The van der Waals surface area contributed by atoms with Crippen LogP contribution in [-0.4, -0.2) is 22.3 Å². The minimum absolute atomic E-state index is 0.0350. The van der Waals surface area contributed by atoms with Gasteiger partial charge in [-0.25, -0.2) is 0 Å². The van der Waals surface area contributed by atoms with Crippen molar-refractivity contribution in [2.45, 2.75) is 19.9 Å². The molecule has 0 radical (unpaired) electrons. The van der Waals surface area contributed by atoms with Crippen LogP contribution in [0.25, 0.3) is 0 Å². The van der Waals surface area contributed by atoms with Gasteiger partial charge in [-0.15, -0.1) is 0 Å². The molecule has 5 nitrogen and oxygen atoms in total. The molecule has 1 aromatic heterocycles. The molecule has 0 bridgehead atoms. The molecule has 21 heavy (non-hydrogen) atoms. The quantitative estimate of drug-likeness (QED) is 0.932. The largest absolute Gasteiger partial charge is 0.492 e. The maximum Gasteiger partial charge on any atom is 0.227 e. The van der Waals surface area contributed by atoms with E-state index in [2.05, 4.69) is 10.4 Å². The predicted octanol–water partition coefficient (Wildman–Crippen LogP) is 1.60. The van der Waals surface area contributed by atoms with Crippen LogP contribution in [0.15, 0.2) is 30.5 Å². The third-order valence-electron chi connectivity index (χ3n) is 4.04. The van der Waals surface area contributed by atoms with Gasteiger partial charge in [0.1, 0.15) is 12.4 Å². The van der Waals surface area contributed by atoms with Crippen LogP contribution in [0, 0.1) is 12.8 Å². The van der Waals surface area contributed by atoms with Gasteiger partial charge in [0.2, 0.25) is 5.91 Å². The number of hydrogen-bond acceptors (Lipinski definition) is 3. The molecule has 1 atom stereocenters. The van der Waals surface area contributed by atoms with E-state index in [1.165, 1.54) is 0 Å². The maximum atomic E-state index is 12.3. The van der Waals surface area contributed by atoms with Gasteiger partial charge in [0.25, 0.3) is 0 Å². The van der Waals surface area contributed by atoms with Crippen molar-refractivity contribution in [3.63, 3.8) is 0 Å². The summed E-state index contributed by atoms with van der Waals surface area (Å²) < 4.78 is 7.47. The van der Waals surface area contributed by atoms with E-state index in [1.807, 2.05) is 38.2 Å². The molecule has 3 rings (SSSR count). The summed E-state index contributed by atoms with van der Waals surface area (Å²) in [4.78, 5) is 12.3. The van der Waals surface area contributed by atoms with E-state index in [9.17, 15) is 4.79 Å². The van der Waals surface area contributed by atoms with Crippen LogP contribution < -0.4 is 10.1 Å². The number of aromatic nitrogens is 2. The van der Waals surface area contributed by atoms with Crippen molar-refractivity contribution in [3.8, 4) is 5.75 Å². The minimum atomic E-state index is -0.128. The highest BCUT2D eigenvalue weighted by Gasteiger charge is 2.25. The first kappa shape index (κ1) is 13.7. The third-order valence-corrected chi connectivity index (χ3v) is 4.04. The van der Waals surface area contributed by atoms with Crippen molar-refractivity contribution in [1.82, 2.24) is 15.1 Å². The molecule has 1 unspecified atom stereocenters. The van der Waals surface area contributed by atoms with Crippen molar-refractivity contribution in [2.24, 2.45) is 13.0 Å². The lowest BCUT2D eigenvalue weighted by molar-refractivity contribution is -0.126. The van der Waals surface area contributed by atoms with Gasteiger partial charge in [0, 0.05) is 24.8 Å². The second-order valence-corrected chi connectivity index (χ2v) is 5.42. The molecule has 5 heteroatoms. The highest BCUT2D eigenvalue weighted by atomic mass is 16.5. The lowest BCUT2D eigenvalue weighted by atomic mass is 9.96. The number of fused-ring (bicyclic) bond motifs is 1. The van der Waals surface area contributed by atoms with Crippen molar-refractivity contribution >= 4 is 5.91 Å². The van der Waals surface area contributed by atoms with Crippen LogP contribution in [0.2, 0.25) is 0 Å². The first-order valence-corrected chi connectivity index (χ1v) is 7.11. The molecule has 0 saturated heterocycles. The Hall–Kier alpha value is -2.30. The van der Waals surface area contributed by atoms with Crippen LogP contribution in [0.3, 0.4) is 0 Å². The Labute approximate surface area is 123 Å². The number of benzene rings is 1. The van der Waals surface area contributed by atoms with Crippen LogP contribution in [-0.2, 0) is 24.8 Å². The number of aryl methyl sites for hydroxylation is 1. The number of carbonyl (C=O) groups is 1. The van der Waals surface area contributed by atoms with Crippen LogP contribution in [0.5, 0.6) is 5.75 Å². The van der Waals surface area contributed by atoms with Gasteiger partial charge >= 0.3 is 0 Å². The first-order chi connectivity index (χ1) is 10.1. The van der Waals surface area contributed by atoms with Gasteiger partial charge in [0.15, 0.2) is 0 Å². The molecule has 1 N–H and O–H groups in total. The van der Waals surface area contributed by atoms with E-state index in [1.54, 1.807) is 10.9 Å². The molecule has 2 aromatic rings. The average Bonchev–Trinajstić information content (AvgIpc) is 2.84. The van der Waals surface area contributed by atoms with Gasteiger partial charge in [-0.2, -0.15) is 5.10 Å². The fraction of sp³-hybridized carbons (Fsp3) is 0.375. The maximum absolute atomic E-state index is 12.3. The van der Waals surface area contributed by atoms with Crippen molar-refractivity contribution in [1.29, 1.82) is 0 Å². The monoisotopic (exact) mass is 285 g/mol. The van der Waals surface area contributed by atoms with Gasteiger partial charge in [-0.3, -0.25) is 9.48 Å². The van der Waals surface area contributed by atoms with E-state index < -0.39 is 0 Å². The molecule has 2 heterocycles. The van der Waals surface area contributed by atoms with E-state index in [0.717, 1.165) is 29.0 Å².